The summed E-state index contributed by atoms with van der Waals surface area (Å²) >= 11 is 0. The molecule has 3 rings (SSSR count). The smallest absolute Gasteiger partial charge is 0.304 e. The van der Waals surface area contributed by atoms with Gasteiger partial charge in [0.2, 0.25) is 0 Å². The Morgan fingerprint density at radius 2 is 1.39 bits per heavy atom. The van der Waals surface area contributed by atoms with Gasteiger partial charge < -0.3 is 5.02 Å². The van der Waals surface area contributed by atoms with Crippen LogP contribution in [0.1, 0.15) is 0 Å². The number of fused-ring (bicyclic) bond motifs is 1. The van der Waals surface area contributed by atoms with Crippen LogP contribution in [0.5, 0.6) is 0 Å². The molecule has 2 heteroatoms. The molecule has 0 aliphatic heterocycles. The molecule has 0 saturated heterocycles. The molecule has 0 amide bonds. The minimum Gasteiger partial charge on any atom is -0.449 e. The van der Waals surface area contributed by atoms with Crippen molar-refractivity contribution in [2.45, 2.75) is 0 Å². The van der Waals surface area contributed by atoms with Crippen LogP contribution in [-0.2, 0) is 0 Å². The lowest BCUT2D eigenvalue weighted by molar-refractivity contribution is 0.615. The van der Waals surface area contributed by atoms with Gasteiger partial charge in [-0.05, 0) is 28.0 Å². The molecule has 0 spiro atoms. The average molecular weight is 232 g/mol. The number of benzene rings is 3. The molecule has 3 aromatic carbocycles. The predicted octanol–water partition coefficient (Wildman–Crippen LogP) is 2.48. The van der Waals surface area contributed by atoms with Gasteiger partial charge in [-0.15, -0.1) is 0 Å². The van der Waals surface area contributed by atoms with Crippen LogP contribution in [0.15, 0.2) is 66.7 Å². The second-order valence-electron chi connectivity index (χ2n) is 4.42. The molecule has 3 aromatic rings. The highest BCUT2D eigenvalue weighted by molar-refractivity contribution is 6.46. The van der Waals surface area contributed by atoms with Crippen LogP contribution < -0.4 is 5.46 Å². The van der Waals surface area contributed by atoms with Crippen molar-refractivity contribution < 1.29 is 5.02 Å². The molecule has 1 nitrogen and oxygen atoms in total. The van der Waals surface area contributed by atoms with E-state index in [-0.39, 0.29) is 7.48 Å². The summed E-state index contributed by atoms with van der Waals surface area (Å²) < 4.78 is 0. The van der Waals surface area contributed by atoms with Gasteiger partial charge in [0.15, 0.2) is 0 Å². The maximum absolute atomic E-state index is 9.13. The van der Waals surface area contributed by atoms with Crippen molar-refractivity contribution in [3.05, 3.63) is 66.7 Å². The third kappa shape index (κ3) is 2.03. The lowest BCUT2D eigenvalue weighted by Crippen LogP contribution is -2.12. The average Bonchev–Trinajstić information content (AvgIpc) is 2.47. The summed E-state index contributed by atoms with van der Waals surface area (Å²) in [7, 11) is 0.0936. The topological polar surface area (TPSA) is 20.2 Å². The van der Waals surface area contributed by atoms with Gasteiger partial charge in [0.1, 0.15) is 0 Å². The van der Waals surface area contributed by atoms with E-state index < -0.39 is 0 Å². The predicted molar refractivity (Wildman–Crippen MR) is 78.4 cm³/mol. The van der Waals surface area contributed by atoms with Crippen molar-refractivity contribution >= 4 is 23.7 Å². The van der Waals surface area contributed by atoms with Crippen LogP contribution in [-0.4, -0.2) is 12.5 Å². The first kappa shape index (κ1) is 11.1. The Morgan fingerprint density at radius 1 is 0.667 bits per heavy atom. The van der Waals surface area contributed by atoms with Gasteiger partial charge in [0.25, 0.3) is 0 Å². The number of rotatable bonds is 2. The van der Waals surface area contributed by atoms with Gasteiger partial charge in [-0.25, -0.2) is 0 Å². The van der Waals surface area contributed by atoms with Gasteiger partial charge >= 0.3 is 7.48 Å². The van der Waals surface area contributed by atoms with Crippen molar-refractivity contribution in [2.24, 2.45) is 0 Å². The highest BCUT2D eigenvalue weighted by Crippen LogP contribution is 2.23. The van der Waals surface area contributed by atoms with Crippen LogP contribution >= 0.6 is 0 Å². The van der Waals surface area contributed by atoms with Crippen molar-refractivity contribution in [3.8, 4) is 11.1 Å². The fourth-order valence-electron chi connectivity index (χ4n) is 2.20. The van der Waals surface area contributed by atoms with Gasteiger partial charge in [-0.2, -0.15) is 0 Å². The zero-order valence-electron chi connectivity index (χ0n) is 10.0. The number of hydrogen-bond acceptors (Lipinski definition) is 1. The third-order valence-electron chi connectivity index (χ3n) is 3.19. The summed E-state index contributed by atoms with van der Waals surface area (Å²) in [5.41, 5.74) is 3.40. The normalized spacial score (nSPS) is 10.5. The van der Waals surface area contributed by atoms with Crippen molar-refractivity contribution in [3.63, 3.8) is 0 Å². The summed E-state index contributed by atoms with van der Waals surface area (Å²) in [6, 6.07) is 22.8. The van der Waals surface area contributed by atoms with E-state index in [4.69, 9.17) is 5.02 Å². The van der Waals surface area contributed by atoms with E-state index in [0.717, 1.165) is 5.46 Å². The van der Waals surface area contributed by atoms with E-state index in [1.807, 2.05) is 30.3 Å². The minimum atomic E-state index is 0.0936. The van der Waals surface area contributed by atoms with Crippen LogP contribution in [0.3, 0.4) is 0 Å². The summed E-state index contributed by atoms with van der Waals surface area (Å²) in [4.78, 5) is 0. The number of hydrogen-bond donors (Lipinski definition) is 1. The molecule has 0 saturated carbocycles. The summed E-state index contributed by atoms with van der Waals surface area (Å²) in [6.07, 6.45) is 0. The Hall–Kier alpha value is -2.06. The molecule has 0 atom stereocenters. The fourth-order valence-corrected chi connectivity index (χ4v) is 2.20. The van der Waals surface area contributed by atoms with Gasteiger partial charge in [0.05, 0.1) is 0 Å². The van der Waals surface area contributed by atoms with Gasteiger partial charge in [-0.3, -0.25) is 0 Å². The Bertz CT molecular complexity index is 677. The summed E-state index contributed by atoms with van der Waals surface area (Å²) in [5, 5.41) is 11.5. The third-order valence-corrected chi connectivity index (χ3v) is 3.19. The largest absolute Gasteiger partial charge is 0.449 e. The van der Waals surface area contributed by atoms with Crippen LogP contribution in [0.2, 0.25) is 0 Å². The van der Waals surface area contributed by atoms with Gasteiger partial charge in [0, 0.05) is 0 Å². The maximum Gasteiger partial charge on any atom is 0.304 e. The standard InChI is InChI=1S/C16H13BO/c18-17-16-9-8-14-10-13(6-7-15(14)11-16)12-4-2-1-3-5-12/h1-11,17-18H. The zero-order valence-corrected chi connectivity index (χ0v) is 10.0. The van der Waals surface area contributed by atoms with Crippen molar-refractivity contribution in [1.29, 1.82) is 0 Å². The molecule has 0 radical (unpaired) electrons. The summed E-state index contributed by atoms with van der Waals surface area (Å²) in [6.45, 7) is 0. The Kier molecular flexibility index (Phi) is 2.87. The minimum absolute atomic E-state index is 0.0936. The molecule has 0 fully saturated rings. The molecule has 0 bridgehead atoms. The van der Waals surface area contributed by atoms with E-state index in [1.165, 1.54) is 21.9 Å². The monoisotopic (exact) mass is 232 g/mol. The quantitative estimate of drug-likeness (QED) is 0.673. The molecule has 0 aliphatic carbocycles. The molecule has 1 N–H and O–H groups in total. The van der Waals surface area contributed by atoms with Crippen LogP contribution in [0.25, 0.3) is 21.9 Å². The Morgan fingerprint density at radius 3 is 2.17 bits per heavy atom. The molecule has 86 valence electrons. The molecule has 0 aliphatic rings. The van der Waals surface area contributed by atoms with Crippen molar-refractivity contribution in [1.82, 2.24) is 0 Å². The van der Waals surface area contributed by atoms with Crippen molar-refractivity contribution in [2.75, 3.05) is 0 Å². The van der Waals surface area contributed by atoms with E-state index >= 15 is 0 Å². The maximum atomic E-state index is 9.13. The first-order valence-electron chi connectivity index (χ1n) is 6.06. The second-order valence-corrected chi connectivity index (χ2v) is 4.42. The lowest BCUT2D eigenvalue weighted by Gasteiger charge is -2.05. The summed E-state index contributed by atoms with van der Waals surface area (Å²) in [5.74, 6) is 0. The highest BCUT2D eigenvalue weighted by atomic mass is 16.2. The Labute approximate surface area is 107 Å². The van der Waals surface area contributed by atoms with E-state index in [0.29, 0.717) is 0 Å². The molecule has 18 heavy (non-hydrogen) atoms. The SMILES string of the molecule is OBc1ccc2cc(-c3ccccc3)ccc2c1. The van der Waals surface area contributed by atoms with E-state index in [1.54, 1.807) is 0 Å². The van der Waals surface area contributed by atoms with Crippen LogP contribution in [0.4, 0.5) is 0 Å². The zero-order chi connectivity index (χ0) is 12.4. The Balaban J connectivity index is 2.12. The first-order valence-corrected chi connectivity index (χ1v) is 6.06. The van der Waals surface area contributed by atoms with E-state index in [9.17, 15) is 0 Å². The molecule has 0 unspecified atom stereocenters. The molecular weight excluding hydrogens is 219 g/mol. The molecule has 0 aromatic heterocycles. The second kappa shape index (κ2) is 4.67. The highest BCUT2D eigenvalue weighted by Gasteiger charge is 2.00. The lowest BCUT2D eigenvalue weighted by atomic mass is 9.87. The fraction of sp³-hybridized carbons (Fsp3) is 0. The molecule has 0 heterocycles. The van der Waals surface area contributed by atoms with Crippen LogP contribution in [0, 0.1) is 0 Å². The molecular formula is C16H13BO. The van der Waals surface area contributed by atoms with Gasteiger partial charge in [-0.1, -0.05) is 66.1 Å². The first-order chi connectivity index (χ1) is 8.86. The van der Waals surface area contributed by atoms with E-state index in [2.05, 4.69) is 36.4 Å².